The van der Waals surface area contributed by atoms with Crippen molar-refractivity contribution in [2.75, 3.05) is 20.1 Å². The highest BCUT2D eigenvalue weighted by atomic mass is 15.1. The van der Waals surface area contributed by atoms with Gasteiger partial charge in [-0.15, -0.1) is 0 Å². The fraction of sp³-hybridized carbons (Fsp3) is 1.00. The molecule has 1 atom stereocenters. The van der Waals surface area contributed by atoms with Crippen molar-refractivity contribution < 1.29 is 0 Å². The number of nitrogens with two attached hydrogens (primary N) is 1. The fourth-order valence-electron chi connectivity index (χ4n) is 2.32. The van der Waals surface area contributed by atoms with E-state index in [1.54, 1.807) is 0 Å². The van der Waals surface area contributed by atoms with Crippen LogP contribution in [0.5, 0.6) is 0 Å². The van der Waals surface area contributed by atoms with Crippen LogP contribution in [0.2, 0.25) is 0 Å². The lowest BCUT2D eigenvalue weighted by Gasteiger charge is -2.34. The van der Waals surface area contributed by atoms with Crippen molar-refractivity contribution >= 4 is 0 Å². The molecule has 0 aromatic rings. The minimum absolute atomic E-state index is 0.0278. The molecule has 0 bridgehead atoms. The maximum absolute atomic E-state index is 6.30. The molecule has 84 valence electrons. The van der Waals surface area contributed by atoms with Crippen molar-refractivity contribution in [3.8, 4) is 0 Å². The van der Waals surface area contributed by atoms with Crippen molar-refractivity contribution in [2.45, 2.75) is 46.1 Å². The smallest absolute Gasteiger partial charge is 0.0283 e. The van der Waals surface area contributed by atoms with Crippen LogP contribution in [0.1, 0.15) is 40.5 Å². The standard InChI is InChI=1S/C12H26N2/c1-11(2,3)8-14(5)9-12(4,13)10-6-7-10/h10H,6-9,13H2,1-5H3. The van der Waals surface area contributed by atoms with Gasteiger partial charge in [-0.3, -0.25) is 0 Å². The lowest BCUT2D eigenvalue weighted by Crippen LogP contribution is -2.50. The highest BCUT2D eigenvalue weighted by Crippen LogP contribution is 2.38. The molecule has 1 aliphatic carbocycles. The molecule has 0 saturated heterocycles. The molecule has 0 heterocycles. The Morgan fingerprint density at radius 1 is 1.14 bits per heavy atom. The van der Waals surface area contributed by atoms with Crippen LogP contribution in [-0.2, 0) is 0 Å². The Hall–Kier alpha value is -0.0800. The Kier molecular flexibility index (Phi) is 3.27. The van der Waals surface area contributed by atoms with E-state index in [0.717, 1.165) is 19.0 Å². The lowest BCUT2D eigenvalue weighted by molar-refractivity contribution is 0.180. The largest absolute Gasteiger partial charge is 0.324 e. The number of rotatable bonds is 4. The van der Waals surface area contributed by atoms with Gasteiger partial charge in [0.1, 0.15) is 0 Å². The van der Waals surface area contributed by atoms with Crippen LogP contribution in [0.15, 0.2) is 0 Å². The molecule has 0 radical (unpaired) electrons. The van der Waals surface area contributed by atoms with Crippen LogP contribution in [0, 0.1) is 11.3 Å². The predicted octanol–water partition coefficient (Wildman–Crippen LogP) is 2.09. The summed E-state index contributed by atoms with van der Waals surface area (Å²) >= 11 is 0. The Labute approximate surface area is 88.8 Å². The summed E-state index contributed by atoms with van der Waals surface area (Å²) in [5.41, 5.74) is 6.70. The Balaban J connectivity index is 2.35. The minimum Gasteiger partial charge on any atom is -0.324 e. The van der Waals surface area contributed by atoms with Crippen molar-refractivity contribution in [1.29, 1.82) is 0 Å². The molecular weight excluding hydrogens is 172 g/mol. The number of likely N-dealkylation sites (N-methyl/N-ethyl adjacent to an activating group) is 1. The molecule has 1 aliphatic rings. The predicted molar refractivity (Wildman–Crippen MR) is 62.3 cm³/mol. The highest BCUT2D eigenvalue weighted by Gasteiger charge is 2.39. The summed E-state index contributed by atoms with van der Waals surface area (Å²) in [6.45, 7) is 11.2. The van der Waals surface area contributed by atoms with Gasteiger partial charge >= 0.3 is 0 Å². The molecular formula is C12H26N2. The second-order valence-electron chi connectivity index (χ2n) is 6.51. The van der Waals surface area contributed by atoms with E-state index >= 15 is 0 Å². The van der Waals surface area contributed by atoms with Crippen LogP contribution >= 0.6 is 0 Å². The van der Waals surface area contributed by atoms with Gasteiger partial charge in [0.05, 0.1) is 0 Å². The molecule has 2 N–H and O–H groups in total. The Bertz CT molecular complexity index is 187. The first-order valence-electron chi connectivity index (χ1n) is 5.68. The van der Waals surface area contributed by atoms with Crippen LogP contribution < -0.4 is 5.73 Å². The van der Waals surface area contributed by atoms with Gasteiger partial charge in [-0.05, 0) is 38.1 Å². The minimum atomic E-state index is 0.0278. The zero-order valence-corrected chi connectivity index (χ0v) is 10.4. The Morgan fingerprint density at radius 3 is 2.00 bits per heavy atom. The third-order valence-electron chi connectivity index (χ3n) is 2.86. The van der Waals surface area contributed by atoms with Crippen LogP contribution in [0.25, 0.3) is 0 Å². The molecule has 2 heteroatoms. The summed E-state index contributed by atoms with van der Waals surface area (Å²) in [4.78, 5) is 2.37. The van der Waals surface area contributed by atoms with Gasteiger partial charge in [0.15, 0.2) is 0 Å². The van der Waals surface area contributed by atoms with Crippen LogP contribution in [0.3, 0.4) is 0 Å². The van der Waals surface area contributed by atoms with E-state index in [4.69, 9.17) is 5.73 Å². The lowest BCUT2D eigenvalue weighted by atomic mass is 9.93. The van der Waals surface area contributed by atoms with Gasteiger partial charge in [0.2, 0.25) is 0 Å². The summed E-state index contributed by atoms with van der Waals surface area (Å²) in [6, 6.07) is 0. The molecule has 0 aromatic heterocycles. The molecule has 1 saturated carbocycles. The first kappa shape index (κ1) is 12.0. The van der Waals surface area contributed by atoms with Gasteiger partial charge in [-0.25, -0.2) is 0 Å². The second kappa shape index (κ2) is 3.82. The maximum Gasteiger partial charge on any atom is 0.0283 e. The summed E-state index contributed by atoms with van der Waals surface area (Å²) < 4.78 is 0. The fourth-order valence-corrected chi connectivity index (χ4v) is 2.32. The number of hydrogen-bond donors (Lipinski definition) is 1. The average molecular weight is 198 g/mol. The van der Waals surface area contributed by atoms with E-state index in [-0.39, 0.29) is 5.54 Å². The zero-order valence-electron chi connectivity index (χ0n) is 10.4. The van der Waals surface area contributed by atoms with Gasteiger partial charge in [-0.1, -0.05) is 20.8 Å². The monoisotopic (exact) mass is 198 g/mol. The first-order chi connectivity index (χ1) is 6.21. The van der Waals surface area contributed by atoms with Gasteiger partial charge in [0, 0.05) is 18.6 Å². The first-order valence-corrected chi connectivity index (χ1v) is 5.68. The van der Waals surface area contributed by atoms with E-state index < -0.39 is 0 Å². The topological polar surface area (TPSA) is 29.3 Å². The quantitative estimate of drug-likeness (QED) is 0.749. The molecule has 0 spiro atoms. The zero-order chi connectivity index (χ0) is 11.0. The summed E-state index contributed by atoms with van der Waals surface area (Å²) in [7, 11) is 2.18. The average Bonchev–Trinajstić information content (AvgIpc) is 2.57. The maximum atomic E-state index is 6.30. The third kappa shape index (κ3) is 3.97. The normalized spacial score (nSPS) is 22.5. The third-order valence-corrected chi connectivity index (χ3v) is 2.86. The molecule has 1 fully saturated rings. The second-order valence-corrected chi connectivity index (χ2v) is 6.51. The molecule has 2 nitrogen and oxygen atoms in total. The Morgan fingerprint density at radius 2 is 1.64 bits per heavy atom. The van der Waals surface area contributed by atoms with Gasteiger partial charge in [0.25, 0.3) is 0 Å². The number of hydrogen-bond acceptors (Lipinski definition) is 2. The molecule has 1 unspecified atom stereocenters. The van der Waals surface area contributed by atoms with Crippen molar-refractivity contribution in [3.05, 3.63) is 0 Å². The molecule has 0 aliphatic heterocycles. The van der Waals surface area contributed by atoms with E-state index in [1.807, 2.05) is 0 Å². The van der Waals surface area contributed by atoms with E-state index in [9.17, 15) is 0 Å². The molecule has 0 aromatic carbocycles. The van der Waals surface area contributed by atoms with E-state index in [2.05, 4.69) is 39.6 Å². The summed E-state index contributed by atoms with van der Waals surface area (Å²) in [6.07, 6.45) is 2.66. The van der Waals surface area contributed by atoms with Crippen LogP contribution in [-0.4, -0.2) is 30.6 Å². The van der Waals surface area contributed by atoms with Crippen molar-refractivity contribution in [1.82, 2.24) is 4.90 Å². The highest BCUT2D eigenvalue weighted by molar-refractivity contribution is 4.97. The molecule has 0 amide bonds. The summed E-state index contributed by atoms with van der Waals surface area (Å²) in [5.74, 6) is 0.768. The molecule has 1 rings (SSSR count). The van der Waals surface area contributed by atoms with Gasteiger partial charge < -0.3 is 10.6 Å². The number of nitrogens with zero attached hydrogens (tertiary/aromatic N) is 1. The molecule has 14 heavy (non-hydrogen) atoms. The summed E-state index contributed by atoms with van der Waals surface area (Å²) in [5, 5.41) is 0. The van der Waals surface area contributed by atoms with E-state index in [1.165, 1.54) is 12.8 Å². The van der Waals surface area contributed by atoms with E-state index in [0.29, 0.717) is 5.41 Å². The SMILES string of the molecule is CN(CC(C)(C)C)CC(C)(N)C1CC1. The van der Waals surface area contributed by atoms with Crippen molar-refractivity contribution in [3.63, 3.8) is 0 Å². The van der Waals surface area contributed by atoms with Crippen molar-refractivity contribution in [2.24, 2.45) is 17.1 Å². The van der Waals surface area contributed by atoms with Gasteiger partial charge in [-0.2, -0.15) is 0 Å². The van der Waals surface area contributed by atoms with Crippen LogP contribution in [0.4, 0.5) is 0 Å².